The number of aryl methyl sites for hydroxylation is 1. The molecule has 0 N–H and O–H groups in total. The van der Waals surface area contributed by atoms with E-state index >= 15 is 0 Å². The van der Waals surface area contributed by atoms with Crippen molar-refractivity contribution in [3.63, 3.8) is 0 Å². The normalized spacial score (nSPS) is 10.2. The SMILES string of the molecule is Cc1nc(Cl)cc(Oc2ccccc2I)n1. The minimum absolute atomic E-state index is 0.383. The van der Waals surface area contributed by atoms with Crippen LogP contribution in [0.3, 0.4) is 0 Å². The molecule has 0 bridgehead atoms. The molecule has 2 aromatic rings. The Hall–Kier alpha value is -0.880. The molecule has 1 aromatic carbocycles. The molecule has 0 saturated carbocycles. The highest BCUT2D eigenvalue weighted by molar-refractivity contribution is 14.1. The lowest BCUT2D eigenvalue weighted by atomic mass is 10.3. The number of hydrogen-bond donors (Lipinski definition) is 0. The zero-order valence-corrected chi connectivity index (χ0v) is 11.4. The largest absolute Gasteiger partial charge is 0.438 e. The number of aromatic nitrogens is 2. The highest BCUT2D eigenvalue weighted by Crippen LogP contribution is 2.26. The fourth-order valence-corrected chi connectivity index (χ4v) is 1.91. The fraction of sp³-hybridized carbons (Fsp3) is 0.0909. The van der Waals surface area contributed by atoms with Crippen molar-refractivity contribution in [2.45, 2.75) is 6.92 Å². The fourth-order valence-electron chi connectivity index (χ4n) is 1.20. The Morgan fingerprint density at radius 3 is 2.69 bits per heavy atom. The molecule has 0 amide bonds. The first-order valence-electron chi connectivity index (χ1n) is 4.59. The van der Waals surface area contributed by atoms with Gasteiger partial charge in [0.15, 0.2) is 0 Å². The second-order valence-electron chi connectivity index (χ2n) is 3.11. The maximum atomic E-state index is 5.82. The maximum Gasteiger partial charge on any atom is 0.224 e. The van der Waals surface area contributed by atoms with Crippen molar-refractivity contribution in [1.29, 1.82) is 0 Å². The van der Waals surface area contributed by atoms with Gasteiger partial charge >= 0.3 is 0 Å². The minimum Gasteiger partial charge on any atom is -0.438 e. The Morgan fingerprint density at radius 2 is 2.00 bits per heavy atom. The summed E-state index contributed by atoms with van der Waals surface area (Å²) in [7, 11) is 0. The Labute approximate surface area is 112 Å². The Balaban J connectivity index is 2.30. The molecular formula is C11H8ClIN2O. The predicted molar refractivity (Wildman–Crippen MR) is 71.0 cm³/mol. The van der Waals surface area contributed by atoms with Crippen molar-refractivity contribution in [3.8, 4) is 11.6 Å². The zero-order chi connectivity index (χ0) is 11.5. The predicted octanol–water partition coefficient (Wildman–Crippen LogP) is 3.84. The van der Waals surface area contributed by atoms with Gasteiger partial charge in [-0.3, -0.25) is 0 Å². The molecule has 0 aliphatic heterocycles. The third-order valence-electron chi connectivity index (χ3n) is 1.83. The number of benzene rings is 1. The molecule has 2 rings (SSSR count). The van der Waals surface area contributed by atoms with Crippen LogP contribution in [0.4, 0.5) is 0 Å². The summed E-state index contributed by atoms with van der Waals surface area (Å²) in [5.74, 6) is 1.81. The Kier molecular flexibility index (Phi) is 3.60. The molecule has 5 heteroatoms. The van der Waals surface area contributed by atoms with Crippen LogP contribution in [0.1, 0.15) is 5.82 Å². The van der Waals surface area contributed by atoms with E-state index in [9.17, 15) is 0 Å². The first-order chi connectivity index (χ1) is 7.65. The molecule has 0 spiro atoms. The van der Waals surface area contributed by atoms with Crippen molar-refractivity contribution in [2.75, 3.05) is 0 Å². The summed E-state index contributed by atoms with van der Waals surface area (Å²) >= 11 is 8.03. The van der Waals surface area contributed by atoms with E-state index in [1.807, 2.05) is 24.3 Å². The number of nitrogens with zero attached hydrogens (tertiary/aromatic N) is 2. The van der Waals surface area contributed by atoms with Crippen LogP contribution < -0.4 is 4.74 Å². The number of halogens is 2. The van der Waals surface area contributed by atoms with Crippen LogP contribution in [0.15, 0.2) is 30.3 Å². The van der Waals surface area contributed by atoms with E-state index in [2.05, 4.69) is 32.6 Å². The molecule has 0 unspecified atom stereocenters. The monoisotopic (exact) mass is 346 g/mol. The lowest BCUT2D eigenvalue weighted by Crippen LogP contribution is -1.94. The average molecular weight is 347 g/mol. The van der Waals surface area contributed by atoms with Gasteiger partial charge in [0.2, 0.25) is 5.88 Å². The van der Waals surface area contributed by atoms with Gasteiger partial charge < -0.3 is 4.74 Å². The van der Waals surface area contributed by atoms with Crippen LogP contribution in [0.25, 0.3) is 0 Å². The lowest BCUT2D eigenvalue weighted by Gasteiger charge is -2.06. The summed E-state index contributed by atoms with van der Waals surface area (Å²) < 4.78 is 6.65. The van der Waals surface area contributed by atoms with Gasteiger partial charge in [-0.05, 0) is 41.6 Å². The molecule has 82 valence electrons. The van der Waals surface area contributed by atoms with Crippen LogP contribution in [0.2, 0.25) is 5.15 Å². The van der Waals surface area contributed by atoms with E-state index in [-0.39, 0.29) is 0 Å². The van der Waals surface area contributed by atoms with Crippen LogP contribution in [0.5, 0.6) is 11.6 Å². The van der Waals surface area contributed by atoms with Crippen molar-refractivity contribution in [1.82, 2.24) is 9.97 Å². The summed E-state index contributed by atoms with van der Waals surface area (Å²) in [6.45, 7) is 1.77. The van der Waals surface area contributed by atoms with Gasteiger partial charge in [-0.2, -0.15) is 4.98 Å². The zero-order valence-electron chi connectivity index (χ0n) is 8.45. The van der Waals surface area contributed by atoms with E-state index < -0.39 is 0 Å². The summed E-state index contributed by atoms with van der Waals surface area (Å²) in [6.07, 6.45) is 0. The molecule has 0 atom stereocenters. The van der Waals surface area contributed by atoms with Crippen molar-refractivity contribution < 1.29 is 4.74 Å². The summed E-state index contributed by atoms with van der Waals surface area (Å²) in [5.41, 5.74) is 0. The highest BCUT2D eigenvalue weighted by atomic mass is 127. The van der Waals surface area contributed by atoms with E-state index in [0.717, 1.165) is 9.32 Å². The molecule has 3 nitrogen and oxygen atoms in total. The highest BCUT2D eigenvalue weighted by Gasteiger charge is 2.04. The number of ether oxygens (including phenoxy) is 1. The molecule has 0 radical (unpaired) electrons. The quantitative estimate of drug-likeness (QED) is 0.612. The smallest absolute Gasteiger partial charge is 0.224 e. The maximum absolute atomic E-state index is 5.82. The second-order valence-corrected chi connectivity index (χ2v) is 4.66. The minimum atomic E-state index is 0.383. The van der Waals surface area contributed by atoms with Crippen LogP contribution in [-0.2, 0) is 0 Å². The molecule has 0 aliphatic rings. The third-order valence-corrected chi connectivity index (χ3v) is 2.92. The summed E-state index contributed by atoms with van der Waals surface area (Å²) in [5, 5.41) is 0.383. The van der Waals surface area contributed by atoms with E-state index in [1.165, 1.54) is 0 Å². The van der Waals surface area contributed by atoms with Gasteiger partial charge in [0.25, 0.3) is 0 Å². The summed E-state index contributed by atoms with van der Waals surface area (Å²) in [6, 6.07) is 9.30. The Morgan fingerprint density at radius 1 is 1.25 bits per heavy atom. The van der Waals surface area contributed by atoms with Crippen LogP contribution >= 0.6 is 34.2 Å². The van der Waals surface area contributed by atoms with Crippen molar-refractivity contribution in [2.24, 2.45) is 0 Å². The van der Waals surface area contributed by atoms with Gasteiger partial charge in [0, 0.05) is 6.07 Å². The molecular weight excluding hydrogens is 338 g/mol. The van der Waals surface area contributed by atoms with Gasteiger partial charge in [-0.15, -0.1) is 0 Å². The molecule has 16 heavy (non-hydrogen) atoms. The Bertz CT molecular complexity index is 499. The van der Waals surface area contributed by atoms with Crippen LogP contribution in [-0.4, -0.2) is 9.97 Å². The van der Waals surface area contributed by atoms with Gasteiger partial charge in [-0.1, -0.05) is 23.7 Å². The first-order valence-corrected chi connectivity index (χ1v) is 6.04. The van der Waals surface area contributed by atoms with Gasteiger partial charge in [-0.25, -0.2) is 4.98 Å². The van der Waals surface area contributed by atoms with Crippen molar-refractivity contribution >= 4 is 34.2 Å². The van der Waals surface area contributed by atoms with Crippen LogP contribution in [0, 0.1) is 10.5 Å². The van der Waals surface area contributed by atoms with Gasteiger partial charge in [0.1, 0.15) is 16.7 Å². The molecule has 0 aliphatic carbocycles. The van der Waals surface area contributed by atoms with E-state index in [1.54, 1.807) is 13.0 Å². The molecule has 1 heterocycles. The van der Waals surface area contributed by atoms with E-state index in [0.29, 0.717) is 16.9 Å². The van der Waals surface area contributed by atoms with Gasteiger partial charge in [0.05, 0.1) is 3.57 Å². The summed E-state index contributed by atoms with van der Waals surface area (Å²) in [4.78, 5) is 8.12. The van der Waals surface area contributed by atoms with E-state index in [4.69, 9.17) is 16.3 Å². The van der Waals surface area contributed by atoms with Crippen molar-refractivity contribution in [3.05, 3.63) is 44.9 Å². The average Bonchev–Trinajstić information content (AvgIpc) is 2.20. The molecule has 0 fully saturated rings. The third kappa shape index (κ3) is 2.82. The second kappa shape index (κ2) is 4.97. The number of hydrogen-bond acceptors (Lipinski definition) is 3. The standard InChI is InChI=1S/C11H8ClIN2O/c1-7-14-10(12)6-11(15-7)16-9-5-3-2-4-8(9)13/h2-6H,1H3. The lowest BCUT2D eigenvalue weighted by molar-refractivity contribution is 0.456. The topological polar surface area (TPSA) is 35.0 Å². The first kappa shape index (κ1) is 11.6. The molecule has 0 saturated heterocycles. The number of para-hydroxylation sites is 1. The number of rotatable bonds is 2. The molecule has 1 aromatic heterocycles.